The number of aryl methyl sites for hydroxylation is 1. The average Bonchev–Trinajstić information content (AvgIpc) is 2.82. The van der Waals surface area contributed by atoms with Crippen LogP contribution in [0.2, 0.25) is 0 Å². The van der Waals surface area contributed by atoms with Gasteiger partial charge in [-0.2, -0.15) is 0 Å². The van der Waals surface area contributed by atoms with Crippen molar-refractivity contribution in [2.45, 2.75) is 12.8 Å². The topological polar surface area (TPSA) is 40.7 Å². The van der Waals surface area contributed by atoms with Crippen LogP contribution in [0, 0.1) is 11.6 Å². The Morgan fingerprint density at radius 3 is 2.83 bits per heavy atom. The van der Waals surface area contributed by atoms with Crippen molar-refractivity contribution < 1.29 is 8.78 Å². The molecule has 5 heteroatoms. The fourth-order valence-electron chi connectivity index (χ4n) is 1.73. The number of imidazole rings is 1. The van der Waals surface area contributed by atoms with Crippen LogP contribution in [0.3, 0.4) is 0 Å². The van der Waals surface area contributed by atoms with E-state index in [-0.39, 0.29) is 0 Å². The van der Waals surface area contributed by atoms with Gasteiger partial charge in [0.2, 0.25) is 0 Å². The smallest absolute Gasteiger partial charge is 0.159 e. The monoisotopic (exact) mass is 251 g/mol. The van der Waals surface area contributed by atoms with Crippen LogP contribution >= 0.6 is 0 Å². The van der Waals surface area contributed by atoms with Gasteiger partial charge in [-0.05, 0) is 38.2 Å². The maximum absolute atomic E-state index is 13.1. The molecule has 0 spiro atoms. The van der Waals surface area contributed by atoms with Crippen LogP contribution < -0.4 is 5.32 Å². The summed E-state index contributed by atoms with van der Waals surface area (Å²) in [5, 5.41) is 3.06. The lowest BCUT2D eigenvalue weighted by molar-refractivity contribution is 0.509. The van der Waals surface area contributed by atoms with E-state index in [1.54, 1.807) is 6.20 Å². The molecular formula is C13H15F2N3. The first-order valence-electron chi connectivity index (χ1n) is 5.84. The Morgan fingerprint density at radius 1 is 1.28 bits per heavy atom. The lowest BCUT2D eigenvalue weighted by Crippen LogP contribution is -2.08. The van der Waals surface area contributed by atoms with Gasteiger partial charge in [0.25, 0.3) is 0 Å². The number of rotatable bonds is 5. The van der Waals surface area contributed by atoms with Crippen molar-refractivity contribution in [3.8, 4) is 11.3 Å². The second-order valence-corrected chi connectivity index (χ2v) is 4.08. The molecule has 18 heavy (non-hydrogen) atoms. The summed E-state index contributed by atoms with van der Waals surface area (Å²) >= 11 is 0. The maximum atomic E-state index is 13.1. The summed E-state index contributed by atoms with van der Waals surface area (Å²) in [6.45, 7) is 0.918. The molecule has 0 saturated heterocycles. The van der Waals surface area contributed by atoms with E-state index in [9.17, 15) is 8.78 Å². The summed E-state index contributed by atoms with van der Waals surface area (Å²) < 4.78 is 25.9. The minimum atomic E-state index is -0.848. The molecule has 0 aliphatic heterocycles. The molecule has 0 fully saturated rings. The van der Waals surface area contributed by atoms with Crippen molar-refractivity contribution >= 4 is 0 Å². The van der Waals surface area contributed by atoms with E-state index in [4.69, 9.17) is 0 Å². The van der Waals surface area contributed by atoms with Gasteiger partial charge < -0.3 is 10.3 Å². The second-order valence-electron chi connectivity index (χ2n) is 4.08. The number of aromatic nitrogens is 2. The summed E-state index contributed by atoms with van der Waals surface area (Å²) in [5.41, 5.74) is 1.30. The SMILES string of the molecule is CNCCCc1ncc(-c2ccc(F)c(F)c2)[nH]1. The van der Waals surface area contributed by atoms with Crippen molar-refractivity contribution in [2.24, 2.45) is 0 Å². The number of hydrogen-bond acceptors (Lipinski definition) is 2. The predicted molar refractivity (Wildman–Crippen MR) is 66.2 cm³/mol. The first kappa shape index (κ1) is 12.7. The zero-order valence-electron chi connectivity index (χ0n) is 10.1. The Kier molecular flexibility index (Phi) is 4.04. The number of halogens is 2. The largest absolute Gasteiger partial charge is 0.342 e. The lowest BCUT2D eigenvalue weighted by atomic mass is 10.1. The standard InChI is InChI=1S/C13H15F2N3/c1-16-6-2-3-13-17-8-12(18-13)9-4-5-10(14)11(15)7-9/h4-5,7-8,16H,2-3,6H2,1H3,(H,17,18). The molecule has 0 atom stereocenters. The van der Waals surface area contributed by atoms with Crippen LogP contribution in [0.25, 0.3) is 11.3 Å². The lowest BCUT2D eigenvalue weighted by Gasteiger charge is -1.99. The van der Waals surface area contributed by atoms with Gasteiger partial charge in [-0.15, -0.1) is 0 Å². The van der Waals surface area contributed by atoms with Gasteiger partial charge >= 0.3 is 0 Å². The molecule has 1 aromatic heterocycles. The van der Waals surface area contributed by atoms with E-state index in [1.807, 2.05) is 7.05 Å². The van der Waals surface area contributed by atoms with E-state index < -0.39 is 11.6 Å². The first-order chi connectivity index (χ1) is 8.70. The van der Waals surface area contributed by atoms with E-state index in [0.29, 0.717) is 11.3 Å². The molecule has 0 unspecified atom stereocenters. The van der Waals surface area contributed by atoms with Gasteiger partial charge in [-0.25, -0.2) is 13.8 Å². The Morgan fingerprint density at radius 2 is 2.11 bits per heavy atom. The van der Waals surface area contributed by atoms with Crippen molar-refractivity contribution in [3.63, 3.8) is 0 Å². The predicted octanol–water partition coefficient (Wildman–Crippen LogP) is 2.51. The van der Waals surface area contributed by atoms with Crippen molar-refractivity contribution in [1.82, 2.24) is 15.3 Å². The summed E-state index contributed by atoms with van der Waals surface area (Å²) in [5.74, 6) is -0.837. The third kappa shape index (κ3) is 2.92. The minimum absolute atomic E-state index is 0.598. The Balaban J connectivity index is 2.11. The second kappa shape index (κ2) is 5.73. The number of hydrogen-bond donors (Lipinski definition) is 2. The molecular weight excluding hydrogens is 236 g/mol. The summed E-state index contributed by atoms with van der Waals surface area (Å²) in [6, 6.07) is 3.82. The molecule has 0 amide bonds. The molecule has 2 aromatic rings. The van der Waals surface area contributed by atoms with Gasteiger partial charge in [0.1, 0.15) is 5.82 Å². The number of nitrogens with one attached hydrogen (secondary N) is 2. The average molecular weight is 251 g/mol. The Labute approximate surface area is 104 Å². The molecule has 96 valence electrons. The van der Waals surface area contributed by atoms with E-state index >= 15 is 0 Å². The number of nitrogens with zero attached hydrogens (tertiary/aromatic N) is 1. The van der Waals surface area contributed by atoms with Crippen molar-refractivity contribution in [2.75, 3.05) is 13.6 Å². The van der Waals surface area contributed by atoms with Crippen molar-refractivity contribution in [1.29, 1.82) is 0 Å². The molecule has 2 N–H and O–H groups in total. The fourth-order valence-corrected chi connectivity index (χ4v) is 1.73. The zero-order valence-corrected chi connectivity index (χ0v) is 10.1. The molecule has 3 nitrogen and oxygen atoms in total. The maximum Gasteiger partial charge on any atom is 0.159 e. The fraction of sp³-hybridized carbons (Fsp3) is 0.308. The van der Waals surface area contributed by atoms with Gasteiger partial charge in [0.05, 0.1) is 11.9 Å². The van der Waals surface area contributed by atoms with Crippen LogP contribution in [-0.4, -0.2) is 23.6 Å². The van der Waals surface area contributed by atoms with Gasteiger partial charge in [-0.1, -0.05) is 0 Å². The van der Waals surface area contributed by atoms with Gasteiger partial charge in [0, 0.05) is 12.0 Å². The normalized spacial score (nSPS) is 10.8. The minimum Gasteiger partial charge on any atom is -0.342 e. The highest BCUT2D eigenvalue weighted by Gasteiger charge is 2.07. The van der Waals surface area contributed by atoms with Crippen molar-refractivity contribution in [3.05, 3.63) is 41.9 Å². The molecule has 0 aliphatic carbocycles. The van der Waals surface area contributed by atoms with E-state index in [2.05, 4.69) is 15.3 Å². The van der Waals surface area contributed by atoms with Crippen LogP contribution in [0.4, 0.5) is 8.78 Å². The quantitative estimate of drug-likeness (QED) is 0.802. The van der Waals surface area contributed by atoms with Crippen LogP contribution in [0.5, 0.6) is 0 Å². The zero-order chi connectivity index (χ0) is 13.0. The third-order valence-corrected chi connectivity index (χ3v) is 2.70. The number of H-pyrrole nitrogens is 1. The molecule has 2 rings (SSSR count). The first-order valence-corrected chi connectivity index (χ1v) is 5.84. The molecule has 1 aromatic carbocycles. The Hall–Kier alpha value is -1.75. The number of benzene rings is 1. The molecule has 0 radical (unpaired) electrons. The molecule has 0 bridgehead atoms. The van der Waals surface area contributed by atoms with Crippen LogP contribution in [-0.2, 0) is 6.42 Å². The highest BCUT2D eigenvalue weighted by molar-refractivity contribution is 5.58. The molecule has 1 heterocycles. The summed E-state index contributed by atoms with van der Waals surface area (Å²) in [4.78, 5) is 7.32. The van der Waals surface area contributed by atoms with E-state index in [1.165, 1.54) is 12.1 Å². The van der Waals surface area contributed by atoms with Gasteiger partial charge in [-0.3, -0.25) is 0 Å². The van der Waals surface area contributed by atoms with Crippen LogP contribution in [0.15, 0.2) is 24.4 Å². The Bertz CT molecular complexity index is 523. The molecule has 0 saturated carbocycles. The summed E-state index contributed by atoms with van der Waals surface area (Å²) in [6.07, 6.45) is 3.44. The molecule has 0 aliphatic rings. The number of aromatic amines is 1. The summed E-state index contributed by atoms with van der Waals surface area (Å²) in [7, 11) is 1.90. The van der Waals surface area contributed by atoms with E-state index in [0.717, 1.165) is 31.3 Å². The highest BCUT2D eigenvalue weighted by atomic mass is 19.2. The van der Waals surface area contributed by atoms with Gasteiger partial charge in [0.15, 0.2) is 11.6 Å². The third-order valence-electron chi connectivity index (χ3n) is 2.70. The highest BCUT2D eigenvalue weighted by Crippen LogP contribution is 2.19. The van der Waals surface area contributed by atoms with Crippen LogP contribution in [0.1, 0.15) is 12.2 Å².